The Morgan fingerprint density at radius 3 is 2.57 bits per heavy atom. The molecule has 1 aromatic carbocycles. The summed E-state index contributed by atoms with van der Waals surface area (Å²) in [6.07, 6.45) is 6.66. The van der Waals surface area contributed by atoms with Crippen molar-refractivity contribution in [2.45, 2.75) is 71.9 Å². The zero-order valence-corrected chi connectivity index (χ0v) is 14.1. The largest absolute Gasteiger partial charge is 0.494 e. The van der Waals surface area contributed by atoms with E-state index in [9.17, 15) is 0 Å². The van der Waals surface area contributed by atoms with E-state index in [1.807, 2.05) is 6.92 Å². The van der Waals surface area contributed by atoms with E-state index in [4.69, 9.17) is 4.74 Å². The summed E-state index contributed by atoms with van der Waals surface area (Å²) in [5, 5.41) is 3.82. The van der Waals surface area contributed by atoms with Crippen LogP contribution in [0.2, 0.25) is 0 Å². The summed E-state index contributed by atoms with van der Waals surface area (Å²) < 4.78 is 5.51. The van der Waals surface area contributed by atoms with Crippen molar-refractivity contribution in [1.82, 2.24) is 5.32 Å². The lowest BCUT2D eigenvalue weighted by Crippen LogP contribution is -2.31. The van der Waals surface area contributed by atoms with Gasteiger partial charge in [0.2, 0.25) is 0 Å². The molecule has 1 aromatic rings. The molecule has 0 amide bonds. The maximum absolute atomic E-state index is 5.51. The van der Waals surface area contributed by atoms with Gasteiger partial charge in [0.05, 0.1) is 6.61 Å². The molecule has 1 fully saturated rings. The third-order valence-corrected chi connectivity index (χ3v) is 4.75. The van der Waals surface area contributed by atoms with Crippen molar-refractivity contribution in [1.29, 1.82) is 0 Å². The van der Waals surface area contributed by atoms with Gasteiger partial charge in [-0.15, -0.1) is 0 Å². The first-order chi connectivity index (χ1) is 10.00. The van der Waals surface area contributed by atoms with E-state index in [0.717, 1.165) is 12.4 Å². The highest BCUT2D eigenvalue weighted by atomic mass is 16.5. The van der Waals surface area contributed by atoms with Gasteiger partial charge in [-0.3, -0.25) is 0 Å². The van der Waals surface area contributed by atoms with E-state index in [2.05, 4.69) is 50.4 Å². The van der Waals surface area contributed by atoms with Gasteiger partial charge < -0.3 is 10.1 Å². The molecule has 21 heavy (non-hydrogen) atoms. The van der Waals surface area contributed by atoms with E-state index >= 15 is 0 Å². The second-order valence-electron chi connectivity index (χ2n) is 7.18. The molecule has 1 N–H and O–H groups in total. The minimum absolute atomic E-state index is 0.409. The van der Waals surface area contributed by atoms with Crippen LogP contribution in [0.15, 0.2) is 24.3 Å². The maximum Gasteiger partial charge on any atom is 0.119 e. The summed E-state index contributed by atoms with van der Waals surface area (Å²) in [6.45, 7) is 9.83. The Labute approximate surface area is 130 Å². The van der Waals surface area contributed by atoms with Gasteiger partial charge >= 0.3 is 0 Å². The van der Waals surface area contributed by atoms with E-state index in [1.54, 1.807) is 0 Å². The first kappa shape index (κ1) is 16.4. The molecule has 0 spiro atoms. The van der Waals surface area contributed by atoms with Crippen molar-refractivity contribution in [2.75, 3.05) is 6.61 Å². The average molecular weight is 289 g/mol. The fourth-order valence-electron chi connectivity index (χ4n) is 3.30. The second-order valence-corrected chi connectivity index (χ2v) is 7.18. The Kier molecular flexibility index (Phi) is 5.69. The third-order valence-electron chi connectivity index (χ3n) is 4.75. The number of benzene rings is 1. The normalized spacial score (nSPS) is 23.3. The van der Waals surface area contributed by atoms with Crippen LogP contribution in [0.1, 0.15) is 71.4 Å². The molecule has 2 heteroatoms. The zero-order chi connectivity index (χ0) is 15.3. The van der Waals surface area contributed by atoms with E-state index < -0.39 is 0 Å². The molecule has 0 saturated heterocycles. The summed E-state index contributed by atoms with van der Waals surface area (Å²) in [7, 11) is 0. The molecule has 2 nitrogen and oxygen atoms in total. The number of rotatable bonds is 5. The van der Waals surface area contributed by atoms with Crippen LogP contribution in [0.3, 0.4) is 0 Å². The topological polar surface area (TPSA) is 21.3 Å². The Morgan fingerprint density at radius 1 is 1.19 bits per heavy atom. The number of hydrogen-bond acceptors (Lipinski definition) is 2. The third kappa shape index (κ3) is 5.03. The quantitative estimate of drug-likeness (QED) is 0.762. The smallest absolute Gasteiger partial charge is 0.119 e. The van der Waals surface area contributed by atoms with Gasteiger partial charge in [-0.1, -0.05) is 32.4 Å². The standard InChI is InChI=1S/C19H31NO/c1-5-21-18-10-8-16(9-11-18)15(2)20-17-7-6-13-19(3,4)14-12-17/h8-11,15,17,20H,5-7,12-14H2,1-4H3. The van der Waals surface area contributed by atoms with Crippen LogP contribution in [0.25, 0.3) is 0 Å². The van der Waals surface area contributed by atoms with Crippen molar-refractivity contribution in [3.8, 4) is 5.75 Å². The molecular formula is C19H31NO. The number of nitrogens with one attached hydrogen (secondary N) is 1. The van der Waals surface area contributed by atoms with Crippen molar-refractivity contribution in [3.05, 3.63) is 29.8 Å². The van der Waals surface area contributed by atoms with Gasteiger partial charge in [-0.05, 0) is 62.6 Å². The molecule has 2 rings (SSSR count). The monoisotopic (exact) mass is 289 g/mol. The lowest BCUT2D eigenvalue weighted by Gasteiger charge is -2.24. The van der Waals surface area contributed by atoms with Crippen molar-refractivity contribution in [2.24, 2.45) is 5.41 Å². The maximum atomic E-state index is 5.51. The van der Waals surface area contributed by atoms with Crippen molar-refractivity contribution < 1.29 is 4.74 Å². The van der Waals surface area contributed by atoms with Crippen LogP contribution < -0.4 is 10.1 Å². The predicted octanol–water partition coefficient (Wildman–Crippen LogP) is 5.09. The van der Waals surface area contributed by atoms with Gasteiger partial charge in [0.25, 0.3) is 0 Å². The fourth-order valence-corrected chi connectivity index (χ4v) is 3.30. The van der Waals surface area contributed by atoms with Gasteiger partial charge in [0, 0.05) is 12.1 Å². The molecule has 0 aromatic heterocycles. The average Bonchev–Trinajstić information content (AvgIpc) is 2.61. The van der Waals surface area contributed by atoms with Crippen molar-refractivity contribution >= 4 is 0 Å². The minimum Gasteiger partial charge on any atom is -0.494 e. The number of hydrogen-bond donors (Lipinski definition) is 1. The first-order valence-corrected chi connectivity index (χ1v) is 8.49. The summed E-state index contributed by atoms with van der Waals surface area (Å²) >= 11 is 0. The summed E-state index contributed by atoms with van der Waals surface area (Å²) in [6, 6.07) is 9.59. The second kappa shape index (κ2) is 7.31. The molecule has 1 aliphatic rings. The van der Waals surface area contributed by atoms with Gasteiger partial charge in [-0.25, -0.2) is 0 Å². The Morgan fingerprint density at radius 2 is 1.90 bits per heavy atom. The molecule has 2 atom stereocenters. The van der Waals surface area contributed by atoms with E-state index in [1.165, 1.54) is 37.7 Å². The summed E-state index contributed by atoms with van der Waals surface area (Å²) in [4.78, 5) is 0. The lowest BCUT2D eigenvalue weighted by atomic mass is 9.85. The zero-order valence-electron chi connectivity index (χ0n) is 14.1. The molecular weight excluding hydrogens is 258 g/mol. The highest BCUT2D eigenvalue weighted by Crippen LogP contribution is 2.34. The molecule has 0 radical (unpaired) electrons. The highest BCUT2D eigenvalue weighted by Gasteiger charge is 2.25. The molecule has 0 heterocycles. The van der Waals surface area contributed by atoms with E-state index in [-0.39, 0.29) is 0 Å². The fraction of sp³-hybridized carbons (Fsp3) is 0.684. The minimum atomic E-state index is 0.409. The highest BCUT2D eigenvalue weighted by molar-refractivity contribution is 5.29. The van der Waals surface area contributed by atoms with E-state index in [0.29, 0.717) is 17.5 Å². The first-order valence-electron chi connectivity index (χ1n) is 8.49. The lowest BCUT2D eigenvalue weighted by molar-refractivity contribution is 0.307. The van der Waals surface area contributed by atoms with Gasteiger partial charge in [0.1, 0.15) is 5.75 Å². The molecule has 118 valence electrons. The van der Waals surface area contributed by atoms with Crippen LogP contribution in [-0.2, 0) is 0 Å². The number of ether oxygens (including phenoxy) is 1. The van der Waals surface area contributed by atoms with Gasteiger partial charge in [-0.2, -0.15) is 0 Å². The predicted molar refractivity (Wildman–Crippen MR) is 89.8 cm³/mol. The summed E-state index contributed by atoms with van der Waals surface area (Å²) in [5.41, 5.74) is 1.88. The van der Waals surface area contributed by atoms with Crippen LogP contribution in [0, 0.1) is 5.41 Å². The molecule has 2 unspecified atom stereocenters. The van der Waals surface area contributed by atoms with Crippen LogP contribution >= 0.6 is 0 Å². The molecule has 0 bridgehead atoms. The van der Waals surface area contributed by atoms with Crippen molar-refractivity contribution in [3.63, 3.8) is 0 Å². The van der Waals surface area contributed by atoms with Crippen LogP contribution in [0.4, 0.5) is 0 Å². The summed E-state index contributed by atoms with van der Waals surface area (Å²) in [5.74, 6) is 0.963. The SMILES string of the molecule is CCOc1ccc(C(C)NC2CCCC(C)(C)CC2)cc1. The Balaban J connectivity index is 1.89. The molecule has 1 aliphatic carbocycles. The van der Waals surface area contributed by atoms with Crippen LogP contribution in [-0.4, -0.2) is 12.6 Å². The molecule has 1 saturated carbocycles. The van der Waals surface area contributed by atoms with Gasteiger partial charge in [0.15, 0.2) is 0 Å². The Hall–Kier alpha value is -1.02. The Bertz CT molecular complexity index is 424. The van der Waals surface area contributed by atoms with Crippen LogP contribution in [0.5, 0.6) is 5.75 Å². The molecule has 0 aliphatic heterocycles.